The van der Waals surface area contributed by atoms with E-state index >= 15 is 0 Å². The fraction of sp³-hybridized carbons (Fsp3) is 0.429. The molecule has 3 saturated heterocycles. The van der Waals surface area contributed by atoms with Gasteiger partial charge in [0.25, 0.3) is 5.91 Å². The number of ether oxygens (including phenoxy) is 1. The Morgan fingerprint density at radius 1 is 0.905 bits per heavy atom. The van der Waals surface area contributed by atoms with E-state index in [2.05, 4.69) is 16.0 Å². The Morgan fingerprint density at radius 2 is 1.62 bits per heavy atom. The highest BCUT2D eigenvalue weighted by atomic mass is 16.6. The fourth-order valence-corrected chi connectivity index (χ4v) is 7.22. The number of amides is 1. The smallest absolute Gasteiger partial charge is 0.314 e. The molecule has 3 aliphatic rings. The van der Waals surface area contributed by atoms with Crippen LogP contribution in [0.1, 0.15) is 73.6 Å². The summed E-state index contributed by atoms with van der Waals surface area (Å²) in [5.74, 6) is -0.0186. The van der Waals surface area contributed by atoms with Crippen LogP contribution in [0.2, 0.25) is 0 Å². The monoisotopic (exact) mass is 565 g/mol. The van der Waals surface area contributed by atoms with Gasteiger partial charge in [0, 0.05) is 61.2 Å². The van der Waals surface area contributed by atoms with Gasteiger partial charge in [0.2, 0.25) is 0 Å². The topological polar surface area (TPSA) is 79.8 Å². The largest absolute Gasteiger partial charge is 0.459 e. The van der Waals surface area contributed by atoms with Crippen LogP contribution < -0.4 is 0 Å². The zero-order chi connectivity index (χ0) is 29.5. The number of pyridine rings is 1. The Labute approximate surface area is 247 Å². The average Bonchev–Trinajstić information content (AvgIpc) is 3.23. The number of carbonyl (C=O) groups is 3. The second-order valence-corrected chi connectivity index (χ2v) is 12.9. The van der Waals surface area contributed by atoms with E-state index < -0.39 is 11.0 Å². The number of nitrogens with zero attached hydrogens (tertiary/aromatic N) is 3. The lowest BCUT2D eigenvalue weighted by atomic mass is 9.74. The lowest BCUT2D eigenvalue weighted by Crippen LogP contribution is -2.53. The number of hydrogen-bond donors (Lipinski definition) is 0. The van der Waals surface area contributed by atoms with Crippen molar-refractivity contribution in [1.29, 1.82) is 0 Å². The molecule has 1 unspecified atom stereocenters. The first kappa shape index (κ1) is 28.3. The Morgan fingerprint density at radius 3 is 2.29 bits per heavy atom. The van der Waals surface area contributed by atoms with Gasteiger partial charge in [-0.2, -0.15) is 0 Å². The molecule has 6 rings (SSSR count). The Bertz CT molecular complexity index is 1510. The van der Waals surface area contributed by atoms with E-state index in [0.717, 1.165) is 67.4 Å². The van der Waals surface area contributed by atoms with Crippen molar-refractivity contribution in [2.24, 2.45) is 5.41 Å². The van der Waals surface area contributed by atoms with Gasteiger partial charge in [-0.1, -0.05) is 24.3 Å². The number of esters is 1. The van der Waals surface area contributed by atoms with Crippen LogP contribution >= 0.6 is 0 Å². The summed E-state index contributed by atoms with van der Waals surface area (Å²) in [4.78, 5) is 47.6. The number of piperidine rings is 2. The minimum atomic E-state index is -0.396. The van der Waals surface area contributed by atoms with Crippen LogP contribution in [0.4, 0.5) is 0 Å². The molecule has 0 aliphatic carbocycles. The summed E-state index contributed by atoms with van der Waals surface area (Å²) in [6.45, 7) is 8.68. The third-order valence-corrected chi connectivity index (χ3v) is 9.22. The van der Waals surface area contributed by atoms with Gasteiger partial charge in [-0.3, -0.25) is 24.3 Å². The highest BCUT2D eigenvalue weighted by molar-refractivity contribution is 5.98. The van der Waals surface area contributed by atoms with Crippen LogP contribution in [0.3, 0.4) is 0 Å². The van der Waals surface area contributed by atoms with E-state index in [-0.39, 0.29) is 17.7 Å². The summed E-state index contributed by atoms with van der Waals surface area (Å²) in [6.07, 6.45) is 7.98. The van der Waals surface area contributed by atoms with E-state index in [1.165, 1.54) is 0 Å². The Kier molecular flexibility index (Phi) is 7.48. The molecule has 4 heterocycles. The van der Waals surface area contributed by atoms with Crippen molar-refractivity contribution in [3.05, 3.63) is 78.1 Å². The lowest BCUT2D eigenvalue weighted by Gasteiger charge is -2.44. The van der Waals surface area contributed by atoms with Gasteiger partial charge >= 0.3 is 5.97 Å². The van der Waals surface area contributed by atoms with Gasteiger partial charge in [0.05, 0.1) is 5.41 Å². The third-order valence-electron chi connectivity index (χ3n) is 9.22. The molecule has 7 nitrogen and oxygen atoms in total. The summed E-state index contributed by atoms with van der Waals surface area (Å²) in [6, 6.07) is 17.7. The van der Waals surface area contributed by atoms with Gasteiger partial charge in [-0.25, -0.2) is 0 Å². The second-order valence-electron chi connectivity index (χ2n) is 12.9. The molecule has 3 fully saturated rings. The molecule has 0 radical (unpaired) electrons. The van der Waals surface area contributed by atoms with Crippen LogP contribution in [-0.4, -0.2) is 70.3 Å². The fourth-order valence-electron chi connectivity index (χ4n) is 7.22. The molecule has 1 spiro atoms. The van der Waals surface area contributed by atoms with Crippen LogP contribution in [0, 0.1) is 5.41 Å². The zero-order valence-corrected chi connectivity index (χ0v) is 24.8. The highest BCUT2D eigenvalue weighted by Gasteiger charge is 2.54. The molecular weight excluding hydrogens is 526 g/mol. The number of benzene rings is 2. The van der Waals surface area contributed by atoms with Crippen molar-refractivity contribution in [3.8, 4) is 22.3 Å². The summed E-state index contributed by atoms with van der Waals surface area (Å²) in [7, 11) is 0. The maximum absolute atomic E-state index is 13.9. The van der Waals surface area contributed by atoms with Crippen LogP contribution in [0.25, 0.3) is 22.3 Å². The number of rotatable bonds is 5. The van der Waals surface area contributed by atoms with E-state index in [1.807, 2.05) is 67.3 Å². The molecule has 0 N–H and O–H groups in total. The van der Waals surface area contributed by atoms with Gasteiger partial charge in [0.15, 0.2) is 5.78 Å². The standard InChI is InChI=1S/C35H39N3O4/c1-24(39)25-7-4-8-26(17-25)28-18-29(27-9-5-13-36-21-27)20-30(19-28)32(40)37-15-10-31(11-16-37)38-14-6-12-35(23-38)22-34(2,3)42-33(35)41/h4-5,7-9,13,17-21,31H,6,10-12,14-16,22-23H2,1-3H3. The molecule has 7 heteroatoms. The minimum Gasteiger partial charge on any atom is -0.459 e. The maximum atomic E-state index is 13.9. The number of ketones is 1. The van der Waals surface area contributed by atoms with Crippen LogP contribution in [0.5, 0.6) is 0 Å². The molecule has 2 aromatic carbocycles. The maximum Gasteiger partial charge on any atom is 0.314 e. The number of Topliss-reactive ketones (excluding diaryl/α,β-unsaturated/α-hetero) is 1. The SMILES string of the molecule is CC(=O)c1cccc(-c2cc(C(=O)N3CCC(N4CCCC5(C4)CC(C)(C)OC5=O)CC3)cc(-c3cccnc3)c2)c1. The Hall–Kier alpha value is -3.84. The number of cyclic esters (lactones) is 1. The predicted molar refractivity (Wildman–Crippen MR) is 162 cm³/mol. The number of aromatic nitrogens is 1. The quantitative estimate of drug-likeness (QED) is 0.278. The molecule has 1 atom stereocenters. The molecule has 0 saturated carbocycles. The van der Waals surface area contributed by atoms with Crippen molar-refractivity contribution >= 4 is 17.7 Å². The molecule has 0 bridgehead atoms. The van der Waals surface area contributed by atoms with Gasteiger partial charge in [-0.15, -0.1) is 0 Å². The zero-order valence-electron chi connectivity index (χ0n) is 24.8. The summed E-state index contributed by atoms with van der Waals surface area (Å²) >= 11 is 0. The molecule has 3 aromatic rings. The minimum absolute atomic E-state index is 0.00703. The van der Waals surface area contributed by atoms with Crippen LogP contribution in [-0.2, 0) is 9.53 Å². The first-order valence-electron chi connectivity index (χ1n) is 15.1. The molecule has 218 valence electrons. The Balaban J connectivity index is 1.21. The molecule has 1 aromatic heterocycles. The highest BCUT2D eigenvalue weighted by Crippen LogP contribution is 2.46. The molecule has 3 aliphatic heterocycles. The number of carbonyl (C=O) groups excluding carboxylic acids is 3. The molecular formula is C35H39N3O4. The first-order chi connectivity index (χ1) is 20.1. The van der Waals surface area contributed by atoms with Crippen molar-refractivity contribution in [2.75, 3.05) is 26.2 Å². The van der Waals surface area contributed by atoms with Gasteiger partial charge in [-0.05, 0) is 100 Å². The molecule has 42 heavy (non-hydrogen) atoms. The lowest BCUT2D eigenvalue weighted by molar-refractivity contribution is -0.154. The second kappa shape index (κ2) is 11.1. The number of hydrogen-bond acceptors (Lipinski definition) is 6. The van der Waals surface area contributed by atoms with Crippen molar-refractivity contribution in [3.63, 3.8) is 0 Å². The van der Waals surface area contributed by atoms with E-state index in [0.29, 0.717) is 30.3 Å². The summed E-state index contributed by atoms with van der Waals surface area (Å²) in [5, 5.41) is 0. The normalized spacial score (nSPS) is 22.7. The van der Waals surface area contributed by atoms with Crippen molar-refractivity contribution < 1.29 is 19.1 Å². The van der Waals surface area contributed by atoms with E-state index in [4.69, 9.17) is 4.74 Å². The summed E-state index contributed by atoms with van der Waals surface area (Å²) < 4.78 is 5.74. The van der Waals surface area contributed by atoms with Gasteiger partial charge in [0.1, 0.15) is 5.60 Å². The van der Waals surface area contributed by atoms with E-state index in [1.54, 1.807) is 19.3 Å². The summed E-state index contributed by atoms with van der Waals surface area (Å²) in [5.41, 5.74) is 4.12. The van der Waals surface area contributed by atoms with Crippen molar-refractivity contribution in [2.45, 2.75) is 64.5 Å². The number of likely N-dealkylation sites (tertiary alicyclic amines) is 2. The van der Waals surface area contributed by atoms with Crippen molar-refractivity contribution in [1.82, 2.24) is 14.8 Å². The van der Waals surface area contributed by atoms with E-state index in [9.17, 15) is 14.4 Å². The first-order valence-corrected chi connectivity index (χ1v) is 15.1. The van der Waals surface area contributed by atoms with Crippen LogP contribution in [0.15, 0.2) is 67.0 Å². The predicted octanol–water partition coefficient (Wildman–Crippen LogP) is 6.03. The van der Waals surface area contributed by atoms with Gasteiger partial charge < -0.3 is 9.64 Å². The average molecular weight is 566 g/mol. The third kappa shape index (κ3) is 5.62. The molecule has 1 amide bonds.